The fourth-order valence-electron chi connectivity index (χ4n) is 2.09. The van der Waals surface area contributed by atoms with E-state index in [2.05, 4.69) is 35.2 Å². The Morgan fingerprint density at radius 2 is 2.53 bits per heavy atom. The molecule has 1 N–H and O–H groups in total. The summed E-state index contributed by atoms with van der Waals surface area (Å²) in [6, 6.07) is 4.47. The minimum absolute atomic E-state index is 0.299. The Morgan fingerprint density at radius 3 is 3.18 bits per heavy atom. The average Bonchev–Trinajstić information content (AvgIpc) is 2.40. The number of ether oxygens (including phenoxy) is 1. The molecule has 0 amide bonds. The number of hydrogen-bond acceptors (Lipinski definition) is 4. The molecule has 4 heteroatoms. The molecule has 0 spiro atoms. The van der Waals surface area contributed by atoms with Gasteiger partial charge in [-0.1, -0.05) is 6.07 Å². The predicted molar refractivity (Wildman–Crippen MR) is 67.9 cm³/mol. The lowest BCUT2D eigenvalue weighted by atomic mass is 10.1. The van der Waals surface area contributed by atoms with Crippen LogP contribution in [0.25, 0.3) is 0 Å². The lowest BCUT2D eigenvalue weighted by molar-refractivity contribution is 0.00391. The van der Waals surface area contributed by atoms with Crippen molar-refractivity contribution in [3.05, 3.63) is 30.1 Å². The van der Waals surface area contributed by atoms with E-state index in [1.807, 2.05) is 18.5 Å². The Bertz CT molecular complexity index is 325. The van der Waals surface area contributed by atoms with Gasteiger partial charge in [0, 0.05) is 38.1 Å². The SMILES string of the molecule is CC(c1cccnc1)N(C)CC1CNCCO1. The molecule has 2 atom stereocenters. The van der Waals surface area contributed by atoms with Crippen molar-refractivity contribution in [1.29, 1.82) is 0 Å². The molecule has 94 valence electrons. The van der Waals surface area contributed by atoms with E-state index >= 15 is 0 Å². The van der Waals surface area contributed by atoms with Crippen LogP contribution in [0.5, 0.6) is 0 Å². The summed E-state index contributed by atoms with van der Waals surface area (Å²) in [7, 11) is 2.13. The van der Waals surface area contributed by atoms with Crippen LogP contribution in [0.3, 0.4) is 0 Å². The zero-order chi connectivity index (χ0) is 12.1. The lowest BCUT2D eigenvalue weighted by Crippen LogP contribution is -2.44. The fourth-order valence-corrected chi connectivity index (χ4v) is 2.09. The van der Waals surface area contributed by atoms with Gasteiger partial charge in [0.2, 0.25) is 0 Å². The standard InChI is InChI=1S/C13H21N3O/c1-11(12-4-3-5-14-8-12)16(2)10-13-9-15-6-7-17-13/h3-5,8,11,13,15H,6-7,9-10H2,1-2H3. The predicted octanol–water partition coefficient (Wildman–Crippen LogP) is 1.06. The first-order valence-corrected chi connectivity index (χ1v) is 6.20. The van der Waals surface area contributed by atoms with E-state index in [9.17, 15) is 0 Å². The highest BCUT2D eigenvalue weighted by Crippen LogP contribution is 2.17. The molecule has 17 heavy (non-hydrogen) atoms. The van der Waals surface area contributed by atoms with Gasteiger partial charge < -0.3 is 10.1 Å². The lowest BCUT2D eigenvalue weighted by Gasteiger charge is -2.31. The number of nitrogens with zero attached hydrogens (tertiary/aromatic N) is 2. The van der Waals surface area contributed by atoms with E-state index in [1.54, 1.807) is 0 Å². The van der Waals surface area contributed by atoms with Crippen LogP contribution in [0, 0.1) is 0 Å². The van der Waals surface area contributed by atoms with E-state index in [1.165, 1.54) is 5.56 Å². The Balaban J connectivity index is 1.88. The molecule has 1 aromatic heterocycles. The van der Waals surface area contributed by atoms with Gasteiger partial charge in [-0.2, -0.15) is 0 Å². The molecule has 0 aliphatic carbocycles. The van der Waals surface area contributed by atoms with Crippen molar-refractivity contribution in [2.45, 2.75) is 19.1 Å². The van der Waals surface area contributed by atoms with Crippen LogP contribution in [-0.2, 0) is 4.74 Å². The maximum atomic E-state index is 5.71. The summed E-state index contributed by atoms with van der Waals surface area (Å²) in [6.45, 7) is 5.89. The van der Waals surface area contributed by atoms with Gasteiger partial charge in [0.25, 0.3) is 0 Å². The van der Waals surface area contributed by atoms with Gasteiger partial charge >= 0.3 is 0 Å². The van der Waals surface area contributed by atoms with Crippen LogP contribution in [0.2, 0.25) is 0 Å². The third kappa shape index (κ3) is 3.49. The van der Waals surface area contributed by atoms with E-state index in [-0.39, 0.29) is 0 Å². The molecule has 1 aliphatic rings. The summed E-state index contributed by atoms with van der Waals surface area (Å²) in [5, 5.41) is 3.35. The normalized spacial score (nSPS) is 22.6. The van der Waals surface area contributed by atoms with E-state index in [0.717, 1.165) is 26.2 Å². The van der Waals surface area contributed by atoms with Crippen molar-refractivity contribution >= 4 is 0 Å². The van der Waals surface area contributed by atoms with Gasteiger partial charge in [0.05, 0.1) is 12.7 Å². The molecule has 1 aromatic rings. The summed E-state index contributed by atoms with van der Waals surface area (Å²) < 4.78 is 5.71. The molecule has 2 unspecified atom stereocenters. The smallest absolute Gasteiger partial charge is 0.0826 e. The van der Waals surface area contributed by atoms with E-state index in [0.29, 0.717) is 12.1 Å². The van der Waals surface area contributed by atoms with Crippen LogP contribution in [-0.4, -0.2) is 49.3 Å². The molecular formula is C13H21N3O. The second-order valence-corrected chi connectivity index (χ2v) is 4.60. The molecule has 0 bridgehead atoms. The van der Waals surface area contributed by atoms with Crippen LogP contribution in [0.15, 0.2) is 24.5 Å². The minimum Gasteiger partial charge on any atom is -0.374 e. The average molecular weight is 235 g/mol. The Labute approximate surface area is 103 Å². The van der Waals surface area contributed by atoms with Gasteiger partial charge in [0.1, 0.15) is 0 Å². The van der Waals surface area contributed by atoms with Crippen LogP contribution in [0.1, 0.15) is 18.5 Å². The number of nitrogens with one attached hydrogen (secondary N) is 1. The maximum Gasteiger partial charge on any atom is 0.0826 e. The number of pyridine rings is 1. The van der Waals surface area contributed by atoms with Crippen molar-refractivity contribution in [2.24, 2.45) is 0 Å². The van der Waals surface area contributed by atoms with Gasteiger partial charge in [-0.05, 0) is 25.6 Å². The summed E-state index contributed by atoms with van der Waals surface area (Å²) in [4.78, 5) is 6.48. The monoisotopic (exact) mass is 235 g/mol. The highest BCUT2D eigenvalue weighted by molar-refractivity contribution is 5.12. The first-order chi connectivity index (χ1) is 8.27. The summed E-state index contributed by atoms with van der Waals surface area (Å²) in [5.74, 6) is 0. The third-order valence-corrected chi connectivity index (χ3v) is 3.32. The molecule has 1 aliphatic heterocycles. The van der Waals surface area contributed by atoms with Crippen molar-refractivity contribution in [3.8, 4) is 0 Å². The van der Waals surface area contributed by atoms with Crippen molar-refractivity contribution in [3.63, 3.8) is 0 Å². The van der Waals surface area contributed by atoms with Crippen LogP contribution < -0.4 is 5.32 Å². The Hall–Kier alpha value is -0.970. The highest BCUT2D eigenvalue weighted by atomic mass is 16.5. The molecule has 4 nitrogen and oxygen atoms in total. The topological polar surface area (TPSA) is 37.4 Å². The third-order valence-electron chi connectivity index (χ3n) is 3.32. The first kappa shape index (κ1) is 12.5. The first-order valence-electron chi connectivity index (χ1n) is 6.20. The van der Waals surface area contributed by atoms with Crippen molar-refractivity contribution in [1.82, 2.24) is 15.2 Å². The Morgan fingerprint density at radius 1 is 1.65 bits per heavy atom. The fraction of sp³-hybridized carbons (Fsp3) is 0.615. The van der Waals surface area contributed by atoms with Crippen molar-refractivity contribution < 1.29 is 4.74 Å². The summed E-state index contributed by atoms with van der Waals surface area (Å²) in [5.41, 5.74) is 1.25. The maximum absolute atomic E-state index is 5.71. The zero-order valence-corrected chi connectivity index (χ0v) is 10.6. The van der Waals surface area contributed by atoms with Gasteiger partial charge in [-0.25, -0.2) is 0 Å². The second-order valence-electron chi connectivity index (χ2n) is 4.60. The zero-order valence-electron chi connectivity index (χ0n) is 10.6. The van der Waals surface area contributed by atoms with Gasteiger partial charge in [0.15, 0.2) is 0 Å². The highest BCUT2D eigenvalue weighted by Gasteiger charge is 2.19. The Kier molecular flexibility index (Phi) is 4.48. The molecule has 1 fully saturated rings. The number of aromatic nitrogens is 1. The quantitative estimate of drug-likeness (QED) is 0.847. The summed E-state index contributed by atoms with van der Waals surface area (Å²) in [6.07, 6.45) is 4.04. The number of morpholine rings is 1. The van der Waals surface area contributed by atoms with Crippen LogP contribution in [0.4, 0.5) is 0 Å². The van der Waals surface area contributed by atoms with Gasteiger partial charge in [-0.15, -0.1) is 0 Å². The molecule has 0 aromatic carbocycles. The second kappa shape index (κ2) is 6.10. The number of likely N-dealkylation sites (N-methyl/N-ethyl adjacent to an activating group) is 1. The largest absolute Gasteiger partial charge is 0.374 e. The van der Waals surface area contributed by atoms with Crippen molar-refractivity contribution in [2.75, 3.05) is 33.3 Å². The molecule has 0 radical (unpaired) electrons. The number of rotatable bonds is 4. The molecular weight excluding hydrogens is 214 g/mol. The van der Waals surface area contributed by atoms with E-state index in [4.69, 9.17) is 4.74 Å². The molecule has 2 heterocycles. The summed E-state index contributed by atoms with van der Waals surface area (Å²) >= 11 is 0. The molecule has 2 rings (SSSR count). The van der Waals surface area contributed by atoms with Gasteiger partial charge in [-0.3, -0.25) is 9.88 Å². The molecule has 1 saturated heterocycles. The van der Waals surface area contributed by atoms with E-state index < -0.39 is 0 Å². The van der Waals surface area contributed by atoms with Crippen LogP contribution >= 0.6 is 0 Å². The minimum atomic E-state index is 0.299. The molecule has 0 saturated carbocycles. The number of hydrogen-bond donors (Lipinski definition) is 1.